The molecule has 1 aromatic carbocycles. The van der Waals surface area contributed by atoms with E-state index in [0.29, 0.717) is 24.6 Å². The Balaban J connectivity index is 1.97. The number of carbonyl (C=O) groups excluding carboxylic acids is 1. The second kappa shape index (κ2) is 9.30. The van der Waals surface area contributed by atoms with Gasteiger partial charge in [-0.25, -0.2) is 0 Å². The van der Waals surface area contributed by atoms with Crippen LogP contribution < -0.4 is 14.8 Å². The van der Waals surface area contributed by atoms with Gasteiger partial charge in [0, 0.05) is 31.8 Å². The van der Waals surface area contributed by atoms with E-state index in [9.17, 15) is 4.79 Å². The summed E-state index contributed by atoms with van der Waals surface area (Å²) in [5.74, 6) is 1.30. The van der Waals surface area contributed by atoms with Crippen molar-refractivity contribution in [2.45, 2.75) is 18.9 Å². The first-order chi connectivity index (χ1) is 11.7. The molecule has 1 aliphatic heterocycles. The van der Waals surface area contributed by atoms with Gasteiger partial charge in [0.05, 0.1) is 20.8 Å². The van der Waals surface area contributed by atoms with Gasteiger partial charge in [0.15, 0.2) is 11.5 Å². The van der Waals surface area contributed by atoms with Crippen molar-refractivity contribution >= 4 is 12.0 Å². The first-order valence-electron chi connectivity index (χ1n) is 8.21. The maximum absolute atomic E-state index is 12.4. The highest BCUT2D eigenvalue weighted by Gasteiger charge is 2.21. The van der Waals surface area contributed by atoms with Crippen LogP contribution in [0.25, 0.3) is 6.08 Å². The molecule has 6 heteroatoms. The van der Waals surface area contributed by atoms with Crippen LogP contribution in [0.2, 0.25) is 0 Å². The van der Waals surface area contributed by atoms with Crippen molar-refractivity contribution in [1.29, 1.82) is 0 Å². The van der Waals surface area contributed by atoms with Crippen LogP contribution in [0, 0.1) is 0 Å². The van der Waals surface area contributed by atoms with Gasteiger partial charge in [-0.3, -0.25) is 4.79 Å². The van der Waals surface area contributed by atoms with E-state index in [1.165, 1.54) is 0 Å². The first-order valence-corrected chi connectivity index (χ1v) is 8.21. The molecule has 0 aliphatic carbocycles. The Morgan fingerprint density at radius 3 is 2.88 bits per heavy atom. The summed E-state index contributed by atoms with van der Waals surface area (Å²) in [6.45, 7) is 2.12. The maximum atomic E-state index is 12.4. The predicted molar refractivity (Wildman–Crippen MR) is 93.3 cm³/mol. The lowest BCUT2D eigenvalue weighted by molar-refractivity contribution is -0.127. The molecular formula is C18H26N2O4. The molecule has 1 saturated heterocycles. The van der Waals surface area contributed by atoms with E-state index in [-0.39, 0.29) is 18.6 Å². The summed E-state index contributed by atoms with van der Waals surface area (Å²) in [6, 6.07) is 5.79. The quantitative estimate of drug-likeness (QED) is 0.735. The Labute approximate surface area is 143 Å². The van der Waals surface area contributed by atoms with E-state index in [0.717, 1.165) is 24.9 Å². The smallest absolute Gasteiger partial charge is 0.246 e. The number of piperidine rings is 1. The van der Waals surface area contributed by atoms with Gasteiger partial charge in [-0.1, -0.05) is 6.07 Å². The molecule has 2 rings (SSSR count). The standard InChI is InChI=1S/C18H26N2O4/c1-23-16-7-5-14(12-17(16)24-2)6-8-18(22)20-10-3-4-15(13-20)19-9-11-21/h5-8,12,15,19,21H,3-4,9-11,13H2,1-2H3/b8-6+. The molecule has 1 amide bonds. The van der Waals surface area contributed by atoms with Gasteiger partial charge in [-0.2, -0.15) is 0 Å². The lowest BCUT2D eigenvalue weighted by Gasteiger charge is -2.32. The molecule has 0 saturated carbocycles. The minimum Gasteiger partial charge on any atom is -0.493 e. The van der Waals surface area contributed by atoms with Crippen LogP contribution in [0.3, 0.4) is 0 Å². The molecule has 0 radical (unpaired) electrons. The SMILES string of the molecule is COc1ccc(/C=C/C(=O)N2CCCC(NCCO)C2)cc1OC. The number of ether oxygens (including phenoxy) is 2. The molecule has 1 aliphatic rings. The number of nitrogens with zero attached hydrogens (tertiary/aromatic N) is 1. The summed E-state index contributed by atoms with van der Waals surface area (Å²) >= 11 is 0. The fourth-order valence-electron chi connectivity index (χ4n) is 2.84. The van der Waals surface area contributed by atoms with Gasteiger partial charge < -0.3 is 24.8 Å². The number of likely N-dealkylation sites (tertiary alicyclic amines) is 1. The highest BCUT2D eigenvalue weighted by atomic mass is 16.5. The van der Waals surface area contributed by atoms with E-state index in [1.54, 1.807) is 26.4 Å². The monoisotopic (exact) mass is 334 g/mol. The minimum absolute atomic E-state index is 0.000262. The number of carbonyl (C=O) groups is 1. The van der Waals surface area contributed by atoms with Crippen LogP contribution in [-0.2, 0) is 4.79 Å². The zero-order valence-electron chi connectivity index (χ0n) is 14.3. The summed E-state index contributed by atoms with van der Waals surface area (Å²) < 4.78 is 10.5. The Morgan fingerprint density at radius 2 is 2.17 bits per heavy atom. The van der Waals surface area contributed by atoms with E-state index < -0.39 is 0 Å². The zero-order valence-corrected chi connectivity index (χ0v) is 14.3. The zero-order chi connectivity index (χ0) is 17.4. The normalized spacial score (nSPS) is 18.0. The third-order valence-electron chi connectivity index (χ3n) is 4.10. The fraction of sp³-hybridized carbons (Fsp3) is 0.500. The van der Waals surface area contributed by atoms with Crippen LogP contribution in [0.5, 0.6) is 11.5 Å². The summed E-state index contributed by atoms with van der Waals surface area (Å²) in [5.41, 5.74) is 0.882. The van der Waals surface area contributed by atoms with Gasteiger partial charge in [0.1, 0.15) is 0 Å². The Hall–Kier alpha value is -2.05. The van der Waals surface area contributed by atoms with Crippen LogP contribution >= 0.6 is 0 Å². The molecule has 1 fully saturated rings. The summed E-state index contributed by atoms with van der Waals surface area (Å²) in [7, 11) is 3.18. The van der Waals surface area contributed by atoms with Gasteiger partial charge >= 0.3 is 0 Å². The van der Waals surface area contributed by atoms with Gasteiger partial charge in [-0.15, -0.1) is 0 Å². The van der Waals surface area contributed by atoms with Crippen molar-refractivity contribution in [3.05, 3.63) is 29.8 Å². The number of hydrogen-bond acceptors (Lipinski definition) is 5. The highest BCUT2D eigenvalue weighted by Crippen LogP contribution is 2.28. The lowest BCUT2D eigenvalue weighted by atomic mass is 10.1. The van der Waals surface area contributed by atoms with Crippen molar-refractivity contribution in [3.63, 3.8) is 0 Å². The largest absolute Gasteiger partial charge is 0.493 e. The molecular weight excluding hydrogens is 308 g/mol. The number of amides is 1. The van der Waals surface area contributed by atoms with Crippen molar-refractivity contribution in [2.75, 3.05) is 40.5 Å². The third-order valence-corrected chi connectivity index (χ3v) is 4.10. The molecule has 0 spiro atoms. The molecule has 0 bridgehead atoms. The number of benzene rings is 1. The number of aliphatic hydroxyl groups excluding tert-OH is 1. The van der Waals surface area contributed by atoms with Crippen molar-refractivity contribution in [3.8, 4) is 11.5 Å². The summed E-state index contributed by atoms with van der Waals surface area (Å²) in [5, 5.41) is 12.1. The lowest BCUT2D eigenvalue weighted by Crippen LogP contribution is -2.48. The number of nitrogens with one attached hydrogen (secondary N) is 1. The molecule has 1 unspecified atom stereocenters. The number of aliphatic hydroxyl groups is 1. The van der Waals surface area contributed by atoms with E-state index in [4.69, 9.17) is 14.6 Å². The third kappa shape index (κ3) is 4.97. The van der Waals surface area contributed by atoms with Gasteiger partial charge in [-0.05, 0) is 36.6 Å². The van der Waals surface area contributed by atoms with Crippen LogP contribution in [0.15, 0.2) is 24.3 Å². The molecule has 2 N–H and O–H groups in total. The van der Waals surface area contributed by atoms with Gasteiger partial charge in [0.25, 0.3) is 0 Å². The van der Waals surface area contributed by atoms with Crippen LogP contribution in [0.4, 0.5) is 0 Å². The van der Waals surface area contributed by atoms with Crippen molar-refractivity contribution in [2.24, 2.45) is 0 Å². The second-order valence-electron chi connectivity index (χ2n) is 5.75. The van der Waals surface area contributed by atoms with E-state index in [2.05, 4.69) is 5.32 Å². The molecule has 0 aromatic heterocycles. The van der Waals surface area contributed by atoms with E-state index in [1.807, 2.05) is 23.1 Å². The summed E-state index contributed by atoms with van der Waals surface area (Å²) in [4.78, 5) is 14.2. The number of methoxy groups -OCH3 is 2. The van der Waals surface area contributed by atoms with Crippen molar-refractivity contribution in [1.82, 2.24) is 10.2 Å². The molecule has 132 valence electrons. The maximum Gasteiger partial charge on any atom is 0.246 e. The first kappa shape index (κ1) is 18.3. The molecule has 24 heavy (non-hydrogen) atoms. The Kier molecular flexibility index (Phi) is 7.08. The average molecular weight is 334 g/mol. The topological polar surface area (TPSA) is 71.0 Å². The Morgan fingerprint density at radius 1 is 1.38 bits per heavy atom. The van der Waals surface area contributed by atoms with Gasteiger partial charge in [0.2, 0.25) is 5.91 Å². The van der Waals surface area contributed by atoms with E-state index >= 15 is 0 Å². The van der Waals surface area contributed by atoms with Crippen molar-refractivity contribution < 1.29 is 19.4 Å². The average Bonchev–Trinajstić information content (AvgIpc) is 2.64. The van der Waals surface area contributed by atoms with Crippen LogP contribution in [-0.4, -0.2) is 62.4 Å². The fourth-order valence-corrected chi connectivity index (χ4v) is 2.84. The summed E-state index contributed by atoms with van der Waals surface area (Å²) in [6.07, 6.45) is 5.38. The molecule has 6 nitrogen and oxygen atoms in total. The highest BCUT2D eigenvalue weighted by molar-refractivity contribution is 5.92. The second-order valence-corrected chi connectivity index (χ2v) is 5.75. The Bertz CT molecular complexity index is 574. The molecule has 1 heterocycles. The minimum atomic E-state index is 0.000262. The molecule has 1 aromatic rings. The number of rotatable bonds is 7. The predicted octanol–water partition coefficient (Wildman–Crippen LogP) is 1.29. The van der Waals surface area contributed by atoms with Crippen LogP contribution in [0.1, 0.15) is 18.4 Å². The number of hydrogen-bond donors (Lipinski definition) is 2. The molecule has 1 atom stereocenters.